The molecule has 2 aromatic rings. The Morgan fingerprint density at radius 2 is 2.33 bits per heavy atom. The number of aromatic nitrogens is 2. The number of thiophene rings is 1. The topological polar surface area (TPSA) is 81.6 Å². The fourth-order valence-electron chi connectivity index (χ4n) is 3.36. The molecule has 2 aromatic heterocycles. The minimum absolute atomic E-state index is 0.0863. The first-order valence-electron chi connectivity index (χ1n) is 8.59. The van der Waals surface area contributed by atoms with Crippen molar-refractivity contribution in [3.63, 3.8) is 0 Å². The van der Waals surface area contributed by atoms with Crippen molar-refractivity contribution in [2.24, 2.45) is 11.8 Å². The molecule has 2 heterocycles. The van der Waals surface area contributed by atoms with Gasteiger partial charge in [-0.2, -0.15) is 5.10 Å². The van der Waals surface area contributed by atoms with Crippen LogP contribution < -0.4 is 5.32 Å². The molecule has 2 saturated carbocycles. The van der Waals surface area contributed by atoms with Crippen LogP contribution in [0.3, 0.4) is 0 Å². The number of hydrogen-bond acceptors (Lipinski definition) is 4. The molecule has 2 aliphatic carbocycles. The van der Waals surface area contributed by atoms with Crippen molar-refractivity contribution in [2.75, 3.05) is 5.32 Å². The molecule has 126 valence electrons. The van der Waals surface area contributed by atoms with Crippen LogP contribution in [0.4, 0.5) is 5.69 Å². The molecule has 6 heteroatoms. The molecule has 24 heavy (non-hydrogen) atoms. The number of aryl methyl sites for hydroxylation is 1. The summed E-state index contributed by atoms with van der Waals surface area (Å²) in [5.74, 6) is 1.66. The first-order valence-corrected chi connectivity index (χ1v) is 9.41. The number of rotatable bonds is 7. The molecule has 1 amide bonds. The highest BCUT2D eigenvalue weighted by Gasteiger charge is 2.43. The summed E-state index contributed by atoms with van der Waals surface area (Å²) in [6.45, 7) is 2.08. The number of nitrogens with zero attached hydrogens (tertiary/aromatic N) is 1. The van der Waals surface area contributed by atoms with E-state index < -0.39 is 0 Å². The molecule has 2 aliphatic rings. The number of nitrogens with one attached hydrogen (secondary N) is 3. The summed E-state index contributed by atoms with van der Waals surface area (Å²) >= 11 is 1.54. The SMILES string of the molecule is Cc1sc(C(=O)Nc2cn[nH]c2)cc1C1CC1C(=N)CCC1CC1. The molecule has 5 nitrogen and oxygen atoms in total. The van der Waals surface area contributed by atoms with Gasteiger partial charge in [0, 0.05) is 22.7 Å². The van der Waals surface area contributed by atoms with Crippen LogP contribution in [0.5, 0.6) is 0 Å². The Hall–Kier alpha value is -1.95. The number of carbonyl (C=O) groups is 1. The minimum Gasteiger partial charge on any atom is -0.319 e. The van der Waals surface area contributed by atoms with Gasteiger partial charge < -0.3 is 10.7 Å². The largest absolute Gasteiger partial charge is 0.319 e. The fraction of sp³-hybridized carbons (Fsp3) is 0.500. The van der Waals surface area contributed by atoms with E-state index in [1.165, 1.54) is 29.7 Å². The van der Waals surface area contributed by atoms with E-state index in [9.17, 15) is 4.79 Å². The summed E-state index contributed by atoms with van der Waals surface area (Å²) in [7, 11) is 0. The third-order valence-electron chi connectivity index (χ3n) is 5.09. The lowest BCUT2D eigenvalue weighted by molar-refractivity contribution is 0.103. The molecule has 0 bridgehead atoms. The van der Waals surface area contributed by atoms with Gasteiger partial charge in [-0.25, -0.2) is 0 Å². The summed E-state index contributed by atoms with van der Waals surface area (Å²) < 4.78 is 0. The van der Waals surface area contributed by atoms with Crippen molar-refractivity contribution >= 4 is 28.6 Å². The molecule has 0 aromatic carbocycles. The summed E-state index contributed by atoms with van der Waals surface area (Å²) in [5, 5.41) is 17.7. The van der Waals surface area contributed by atoms with Gasteiger partial charge in [0.2, 0.25) is 0 Å². The summed E-state index contributed by atoms with van der Waals surface area (Å²) in [4.78, 5) is 14.3. The van der Waals surface area contributed by atoms with Gasteiger partial charge in [0.15, 0.2) is 0 Å². The van der Waals surface area contributed by atoms with Crippen molar-refractivity contribution < 1.29 is 4.79 Å². The Morgan fingerprint density at radius 3 is 3.04 bits per heavy atom. The van der Waals surface area contributed by atoms with E-state index in [2.05, 4.69) is 22.4 Å². The van der Waals surface area contributed by atoms with Crippen molar-refractivity contribution in [2.45, 2.75) is 44.9 Å². The molecule has 2 atom stereocenters. The van der Waals surface area contributed by atoms with E-state index in [1.807, 2.05) is 6.07 Å². The number of aromatic amines is 1. The second kappa shape index (κ2) is 6.16. The van der Waals surface area contributed by atoms with Gasteiger partial charge in [-0.05, 0) is 49.7 Å². The van der Waals surface area contributed by atoms with E-state index >= 15 is 0 Å². The zero-order valence-electron chi connectivity index (χ0n) is 13.8. The van der Waals surface area contributed by atoms with Crippen LogP contribution in [-0.2, 0) is 0 Å². The Balaban J connectivity index is 1.38. The quantitative estimate of drug-likeness (QED) is 0.654. The molecule has 0 spiro atoms. The summed E-state index contributed by atoms with van der Waals surface area (Å²) in [6.07, 6.45) is 9.21. The molecule has 0 aliphatic heterocycles. The van der Waals surface area contributed by atoms with Gasteiger partial charge >= 0.3 is 0 Å². The monoisotopic (exact) mass is 342 g/mol. The Morgan fingerprint density at radius 1 is 1.50 bits per heavy atom. The van der Waals surface area contributed by atoms with Gasteiger partial charge in [0.1, 0.15) is 0 Å². The minimum atomic E-state index is -0.0863. The van der Waals surface area contributed by atoms with Crippen molar-refractivity contribution in [1.29, 1.82) is 5.41 Å². The highest BCUT2D eigenvalue weighted by Crippen LogP contribution is 2.51. The maximum atomic E-state index is 12.3. The fourth-order valence-corrected chi connectivity index (χ4v) is 4.35. The van der Waals surface area contributed by atoms with E-state index in [1.54, 1.807) is 23.7 Å². The van der Waals surface area contributed by atoms with E-state index in [-0.39, 0.29) is 5.91 Å². The van der Waals surface area contributed by atoms with E-state index in [0.29, 0.717) is 17.5 Å². The van der Waals surface area contributed by atoms with Gasteiger partial charge in [-0.15, -0.1) is 11.3 Å². The van der Waals surface area contributed by atoms with Crippen LogP contribution >= 0.6 is 11.3 Å². The second-order valence-electron chi connectivity index (χ2n) is 7.02. The maximum Gasteiger partial charge on any atom is 0.265 e. The third-order valence-corrected chi connectivity index (χ3v) is 6.16. The van der Waals surface area contributed by atoms with Crippen LogP contribution in [0.1, 0.15) is 58.1 Å². The zero-order chi connectivity index (χ0) is 16.7. The smallest absolute Gasteiger partial charge is 0.265 e. The average molecular weight is 342 g/mol. The summed E-state index contributed by atoms with van der Waals surface area (Å²) in [5.41, 5.74) is 2.86. The van der Waals surface area contributed by atoms with Crippen LogP contribution in [0.15, 0.2) is 18.5 Å². The molecule has 3 N–H and O–H groups in total. The number of H-pyrrole nitrogens is 1. The number of hydrogen-bond donors (Lipinski definition) is 3. The van der Waals surface area contributed by atoms with Gasteiger partial charge in [-0.3, -0.25) is 9.89 Å². The second-order valence-corrected chi connectivity index (χ2v) is 8.28. The van der Waals surface area contributed by atoms with Gasteiger partial charge in [0.05, 0.1) is 16.8 Å². The number of carbonyl (C=O) groups excluding carboxylic acids is 1. The zero-order valence-corrected chi connectivity index (χ0v) is 14.6. The normalized spacial score (nSPS) is 22.4. The van der Waals surface area contributed by atoms with E-state index in [4.69, 9.17) is 5.41 Å². The Labute approximate surface area is 145 Å². The summed E-state index contributed by atoms with van der Waals surface area (Å²) in [6, 6.07) is 2.02. The first-order chi connectivity index (χ1) is 11.6. The molecular weight excluding hydrogens is 320 g/mol. The lowest BCUT2D eigenvalue weighted by atomic mass is 10.0. The predicted molar refractivity (Wildman–Crippen MR) is 96.1 cm³/mol. The molecule has 4 rings (SSSR count). The van der Waals surface area contributed by atoms with Crippen LogP contribution in [0.2, 0.25) is 0 Å². The highest BCUT2D eigenvalue weighted by molar-refractivity contribution is 7.14. The van der Waals surface area contributed by atoms with Gasteiger partial charge in [-0.1, -0.05) is 12.8 Å². The number of anilines is 1. The third kappa shape index (κ3) is 3.29. The lowest BCUT2D eigenvalue weighted by Crippen LogP contribution is -2.09. The van der Waals surface area contributed by atoms with E-state index in [0.717, 1.165) is 29.3 Å². The van der Waals surface area contributed by atoms with Crippen LogP contribution in [0.25, 0.3) is 0 Å². The van der Waals surface area contributed by atoms with Crippen molar-refractivity contribution in [3.8, 4) is 0 Å². The van der Waals surface area contributed by atoms with Crippen molar-refractivity contribution in [1.82, 2.24) is 10.2 Å². The standard InChI is InChI=1S/C18H22N4OS/c1-10-13(14-6-15(14)16(19)5-4-11-2-3-11)7-17(24-10)18(23)22-12-8-20-21-9-12/h7-9,11,14-15,19H,2-6H2,1H3,(H,20,21)(H,22,23). The van der Waals surface area contributed by atoms with Crippen molar-refractivity contribution in [3.05, 3.63) is 33.8 Å². The number of amides is 1. The van der Waals surface area contributed by atoms with Crippen LogP contribution in [-0.4, -0.2) is 21.8 Å². The van der Waals surface area contributed by atoms with Crippen LogP contribution in [0, 0.1) is 24.2 Å². The molecular formula is C18H22N4OS. The van der Waals surface area contributed by atoms with Gasteiger partial charge in [0.25, 0.3) is 5.91 Å². The highest BCUT2D eigenvalue weighted by atomic mass is 32.1. The first kappa shape index (κ1) is 15.6. The molecule has 0 radical (unpaired) electrons. The molecule has 0 saturated heterocycles. The lowest BCUT2D eigenvalue weighted by Gasteiger charge is -2.02. The molecule has 2 unspecified atom stereocenters. The molecule has 2 fully saturated rings. The maximum absolute atomic E-state index is 12.3. The average Bonchev–Trinajstić information content (AvgIpc) is 3.46. The Kier molecular flexibility index (Phi) is 4.00. The Bertz CT molecular complexity index is 760. The predicted octanol–water partition coefficient (Wildman–Crippen LogP) is 4.35.